The lowest BCUT2D eigenvalue weighted by atomic mass is 9.98. The highest BCUT2D eigenvalue weighted by molar-refractivity contribution is 5.74. The molecule has 1 heterocycles. The molecule has 0 saturated carbocycles. The maximum absolute atomic E-state index is 13.2. The molecule has 6 unspecified atom stereocenters. The van der Waals surface area contributed by atoms with E-state index in [1.165, 1.54) is 77.0 Å². The molecule has 1 rings (SSSR count). The first-order valence-corrected chi connectivity index (χ1v) is 31.2. The Labute approximate surface area is 479 Å². The van der Waals surface area contributed by atoms with Crippen molar-refractivity contribution in [3.63, 3.8) is 0 Å². The second kappa shape index (κ2) is 54.2. The summed E-state index contributed by atoms with van der Waals surface area (Å²) in [5.74, 6) is -3.21. The second-order valence-corrected chi connectivity index (χ2v) is 20.9. The molecule has 3 N–H and O–H groups in total. The molecular weight excluding hydrogens is 997 g/mol. The standard InChI is InChI=1S/C67H110O12/c1-4-7-10-13-16-19-22-25-28-30-33-35-38-41-44-47-50-53-59(68)75-56-58(77-60(69)54-51-48-45-42-39-36-32-27-24-21-18-15-12-9-6-3)57-76-67-65(63(72)62(71)64(79-67)66(73)74)78-61(70)55-52-49-46-43-40-37-34-31-29-26-23-20-17-14-11-8-5-2/h7,9-10,12,16,18-19,21,25,27-28,32-33,35,39,42,58,62-65,67,71-72H,4-6,8,11,13-15,17,20,22-24,26,29-31,34,36-38,40-41,43-57H2,1-3H3,(H,73,74)/b10-7-,12-9-,19-16-,21-18-,28-25-,32-27-,35-33-,42-39-. The molecule has 0 spiro atoms. The molecule has 0 bridgehead atoms. The number of rotatable bonds is 52. The molecule has 0 radical (unpaired) electrons. The highest BCUT2D eigenvalue weighted by atomic mass is 16.7. The van der Waals surface area contributed by atoms with Crippen LogP contribution >= 0.6 is 0 Å². The van der Waals surface area contributed by atoms with Gasteiger partial charge in [-0.15, -0.1) is 0 Å². The largest absolute Gasteiger partial charge is 0.479 e. The van der Waals surface area contributed by atoms with Crippen molar-refractivity contribution in [2.75, 3.05) is 13.2 Å². The molecule has 1 saturated heterocycles. The number of aliphatic hydroxyl groups excluding tert-OH is 2. The molecule has 0 aliphatic carbocycles. The van der Waals surface area contributed by atoms with Gasteiger partial charge >= 0.3 is 23.9 Å². The fourth-order valence-corrected chi connectivity index (χ4v) is 8.94. The lowest BCUT2D eigenvalue weighted by Crippen LogP contribution is -2.61. The molecule has 0 aromatic carbocycles. The molecule has 6 atom stereocenters. The summed E-state index contributed by atoms with van der Waals surface area (Å²) in [6, 6.07) is 0. The summed E-state index contributed by atoms with van der Waals surface area (Å²) in [5, 5.41) is 31.6. The summed E-state index contributed by atoms with van der Waals surface area (Å²) < 4.78 is 28.4. The monoisotopic (exact) mass is 1110 g/mol. The molecule has 0 amide bonds. The average molecular weight is 1110 g/mol. The summed E-state index contributed by atoms with van der Waals surface area (Å²) in [6.07, 6.45) is 59.4. The van der Waals surface area contributed by atoms with Crippen molar-refractivity contribution in [2.24, 2.45) is 0 Å². The van der Waals surface area contributed by atoms with Crippen LogP contribution in [0, 0.1) is 0 Å². The molecule has 12 nitrogen and oxygen atoms in total. The number of carboxylic acids is 1. The first-order chi connectivity index (χ1) is 38.6. The molecule has 0 aromatic rings. The highest BCUT2D eigenvalue weighted by Gasteiger charge is 2.50. The van der Waals surface area contributed by atoms with Gasteiger partial charge in [-0.2, -0.15) is 0 Å². The molecule has 0 aromatic heterocycles. The molecule has 1 fully saturated rings. The third-order valence-corrected chi connectivity index (χ3v) is 13.7. The van der Waals surface area contributed by atoms with Crippen molar-refractivity contribution in [3.05, 3.63) is 97.2 Å². The Balaban J connectivity index is 2.71. The van der Waals surface area contributed by atoms with Crippen LogP contribution in [0.25, 0.3) is 0 Å². The van der Waals surface area contributed by atoms with Crippen molar-refractivity contribution in [3.8, 4) is 0 Å². The van der Waals surface area contributed by atoms with Crippen LogP contribution in [0.2, 0.25) is 0 Å². The summed E-state index contributed by atoms with van der Waals surface area (Å²) in [4.78, 5) is 51.2. The van der Waals surface area contributed by atoms with Gasteiger partial charge in [0.25, 0.3) is 0 Å². The minimum Gasteiger partial charge on any atom is -0.479 e. The Morgan fingerprint density at radius 1 is 0.430 bits per heavy atom. The normalized spacial score (nSPS) is 18.5. The van der Waals surface area contributed by atoms with E-state index in [1.807, 2.05) is 0 Å². The van der Waals surface area contributed by atoms with Crippen LogP contribution in [0.3, 0.4) is 0 Å². The summed E-state index contributed by atoms with van der Waals surface area (Å²) in [5.41, 5.74) is 0. The van der Waals surface area contributed by atoms with Gasteiger partial charge in [-0.3, -0.25) is 14.4 Å². The number of unbranched alkanes of at least 4 members (excludes halogenated alkanes) is 22. The summed E-state index contributed by atoms with van der Waals surface area (Å²) >= 11 is 0. The van der Waals surface area contributed by atoms with Gasteiger partial charge in [0, 0.05) is 19.3 Å². The Morgan fingerprint density at radius 2 is 0.797 bits per heavy atom. The van der Waals surface area contributed by atoms with Gasteiger partial charge in [-0.1, -0.05) is 234 Å². The number of carbonyl (C=O) groups excluding carboxylic acids is 3. The molecule has 12 heteroatoms. The van der Waals surface area contributed by atoms with E-state index in [0.29, 0.717) is 19.3 Å². The van der Waals surface area contributed by atoms with Crippen LogP contribution in [0.4, 0.5) is 0 Å². The molecular formula is C67H110O12. The molecule has 450 valence electrons. The van der Waals surface area contributed by atoms with Gasteiger partial charge in [0.05, 0.1) is 6.61 Å². The minimum atomic E-state index is -1.92. The Hall–Kier alpha value is -4.36. The fraction of sp³-hybridized carbons (Fsp3) is 0.701. The third-order valence-electron chi connectivity index (χ3n) is 13.7. The number of aliphatic carboxylic acids is 1. The first kappa shape index (κ1) is 72.7. The summed E-state index contributed by atoms with van der Waals surface area (Å²) in [7, 11) is 0. The number of carbonyl (C=O) groups is 4. The summed E-state index contributed by atoms with van der Waals surface area (Å²) in [6.45, 7) is 5.73. The zero-order chi connectivity index (χ0) is 57.5. The quantitative estimate of drug-likeness (QED) is 0.0228. The van der Waals surface area contributed by atoms with E-state index in [-0.39, 0.29) is 25.9 Å². The lowest BCUT2D eigenvalue weighted by molar-refractivity contribution is -0.301. The number of allylic oxidation sites excluding steroid dienone is 16. The van der Waals surface area contributed by atoms with E-state index in [9.17, 15) is 34.5 Å². The number of aliphatic hydroxyl groups is 2. The number of hydrogen-bond acceptors (Lipinski definition) is 11. The smallest absolute Gasteiger partial charge is 0.335 e. The molecule has 1 aliphatic rings. The van der Waals surface area contributed by atoms with Crippen molar-refractivity contribution >= 4 is 23.9 Å². The fourth-order valence-electron chi connectivity index (χ4n) is 8.94. The van der Waals surface area contributed by atoms with Crippen LogP contribution in [-0.4, -0.2) is 89.2 Å². The van der Waals surface area contributed by atoms with Gasteiger partial charge in [0.15, 0.2) is 24.6 Å². The van der Waals surface area contributed by atoms with E-state index in [4.69, 9.17) is 23.7 Å². The van der Waals surface area contributed by atoms with E-state index >= 15 is 0 Å². The number of ether oxygens (including phenoxy) is 5. The van der Waals surface area contributed by atoms with E-state index < -0.39 is 67.3 Å². The zero-order valence-electron chi connectivity index (χ0n) is 49.6. The maximum Gasteiger partial charge on any atom is 0.335 e. The Morgan fingerprint density at radius 3 is 1.24 bits per heavy atom. The van der Waals surface area contributed by atoms with Gasteiger partial charge in [-0.25, -0.2) is 4.79 Å². The SMILES string of the molecule is CC/C=C\C/C=C\C/C=C\C/C=C\CCCCCCC(=O)OCC(COC1OC(C(=O)O)C(O)C(O)C1OC(=O)CCCCCCCCCCCCCCCCCCC)OC(=O)CCCC/C=C\C/C=C\C/C=C\C/C=C\CC. The first-order valence-electron chi connectivity index (χ1n) is 31.2. The van der Waals surface area contributed by atoms with Crippen LogP contribution < -0.4 is 0 Å². The molecule has 79 heavy (non-hydrogen) atoms. The van der Waals surface area contributed by atoms with Crippen molar-refractivity contribution in [2.45, 2.75) is 289 Å². The third kappa shape index (κ3) is 44.0. The predicted molar refractivity (Wildman–Crippen MR) is 321 cm³/mol. The Kier molecular flexibility index (Phi) is 49.9. The predicted octanol–water partition coefficient (Wildman–Crippen LogP) is 16.5. The Bertz CT molecular complexity index is 1740. The maximum atomic E-state index is 13.2. The van der Waals surface area contributed by atoms with Crippen molar-refractivity contribution < 1.29 is 58.2 Å². The number of carboxylic acid groups (broad SMARTS) is 1. The highest BCUT2D eigenvalue weighted by Crippen LogP contribution is 2.26. The molecule has 1 aliphatic heterocycles. The second-order valence-electron chi connectivity index (χ2n) is 20.9. The van der Waals surface area contributed by atoms with Crippen LogP contribution in [0.5, 0.6) is 0 Å². The number of esters is 3. The zero-order valence-corrected chi connectivity index (χ0v) is 49.6. The van der Waals surface area contributed by atoms with Crippen LogP contribution in [0.1, 0.15) is 252 Å². The van der Waals surface area contributed by atoms with Gasteiger partial charge in [0.1, 0.15) is 18.8 Å². The van der Waals surface area contributed by atoms with E-state index in [1.54, 1.807) is 0 Å². The van der Waals surface area contributed by atoms with E-state index in [2.05, 4.69) is 118 Å². The van der Waals surface area contributed by atoms with Crippen molar-refractivity contribution in [1.29, 1.82) is 0 Å². The van der Waals surface area contributed by atoms with Gasteiger partial charge in [-0.05, 0) is 96.3 Å². The number of hydrogen-bond donors (Lipinski definition) is 3. The van der Waals surface area contributed by atoms with Gasteiger partial charge < -0.3 is 39.0 Å². The minimum absolute atomic E-state index is 0.0523. The van der Waals surface area contributed by atoms with Crippen LogP contribution in [-0.2, 0) is 42.9 Å². The van der Waals surface area contributed by atoms with Gasteiger partial charge in [0.2, 0.25) is 0 Å². The average Bonchev–Trinajstić information content (AvgIpc) is 3.47. The van der Waals surface area contributed by atoms with Crippen LogP contribution in [0.15, 0.2) is 97.2 Å². The topological polar surface area (TPSA) is 175 Å². The van der Waals surface area contributed by atoms with E-state index in [0.717, 1.165) is 116 Å². The van der Waals surface area contributed by atoms with Crippen molar-refractivity contribution in [1.82, 2.24) is 0 Å². The lowest BCUT2D eigenvalue weighted by Gasteiger charge is -2.40.